The molecular formula is C18H25N5O2. The topological polar surface area (TPSA) is 96.4 Å². The maximum absolute atomic E-state index is 12.1. The first-order valence-electron chi connectivity index (χ1n) is 8.41. The van der Waals surface area contributed by atoms with Crippen LogP contribution in [0.4, 0.5) is 0 Å². The molecule has 25 heavy (non-hydrogen) atoms. The average molecular weight is 343 g/mol. The Morgan fingerprint density at radius 1 is 1.28 bits per heavy atom. The van der Waals surface area contributed by atoms with Crippen molar-refractivity contribution in [3.05, 3.63) is 41.6 Å². The molecule has 0 radical (unpaired) electrons. The van der Waals surface area contributed by atoms with Gasteiger partial charge in [0.05, 0.1) is 17.8 Å². The number of carbonyl (C=O) groups excluding carboxylic acids is 1. The highest BCUT2D eigenvalue weighted by Gasteiger charge is 2.31. The van der Waals surface area contributed by atoms with Gasteiger partial charge in [0.1, 0.15) is 5.69 Å². The van der Waals surface area contributed by atoms with E-state index in [0.29, 0.717) is 30.9 Å². The minimum Gasteiger partial charge on any atom is -0.365 e. The Kier molecular flexibility index (Phi) is 4.64. The molecule has 2 aromatic rings. The van der Waals surface area contributed by atoms with Crippen LogP contribution >= 0.6 is 0 Å². The van der Waals surface area contributed by atoms with Gasteiger partial charge in [-0.25, -0.2) is 0 Å². The number of carbonyl (C=O) groups is 1. The van der Waals surface area contributed by atoms with E-state index in [1.54, 1.807) is 0 Å². The van der Waals surface area contributed by atoms with Crippen LogP contribution in [0, 0.1) is 0 Å². The summed E-state index contributed by atoms with van der Waals surface area (Å²) in [5.41, 5.74) is 8.06. The molecule has 0 saturated heterocycles. The molecule has 1 unspecified atom stereocenters. The Morgan fingerprint density at radius 2 is 1.96 bits per heavy atom. The third-order valence-corrected chi connectivity index (χ3v) is 4.21. The monoisotopic (exact) mass is 343 g/mol. The van der Waals surface area contributed by atoms with Crippen molar-refractivity contribution in [1.82, 2.24) is 20.0 Å². The Hall–Kier alpha value is -2.22. The Labute approximate surface area is 147 Å². The molecule has 4 N–H and O–H groups in total. The van der Waals surface area contributed by atoms with Crippen LogP contribution in [0.2, 0.25) is 0 Å². The second kappa shape index (κ2) is 6.59. The largest absolute Gasteiger partial charge is 0.365 e. The van der Waals surface area contributed by atoms with Gasteiger partial charge in [0, 0.05) is 24.2 Å². The smallest absolute Gasteiger partial charge is 0.252 e. The van der Waals surface area contributed by atoms with Crippen LogP contribution < -0.4 is 11.1 Å². The zero-order chi connectivity index (χ0) is 18.2. The van der Waals surface area contributed by atoms with E-state index in [1.165, 1.54) is 0 Å². The van der Waals surface area contributed by atoms with Crippen LogP contribution in [-0.4, -0.2) is 44.1 Å². The Balaban J connectivity index is 1.94. The lowest BCUT2D eigenvalue weighted by atomic mass is 10.0. The second-order valence-corrected chi connectivity index (χ2v) is 7.36. The number of rotatable bonds is 4. The van der Waals surface area contributed by atoms with Gasteiger partial charge in [-0.15, -0.1) is 0 Å². The van der Waals surface area contributed by atoms with Crippen molar-refractivity contribution in [1.29, 1.82) is 0 Å². The van der Waals surface area contributed by atoms with E-state index in [2.05, 4.69) is 10.4 Å². The van der Waals surface area contributed by atoms with Crippen LogP contribution in [-0.2, 0) is 13.1 Å². The standard InChI is InChI=1S/C18H25N5O2/c1-18(2,3)20-17(25)22-9-10-23-13(11-22)14(16(19)24)15(21-23)12-7-5-4-6-8-12/h4-8,17,20,25H,9-11H2,1-3H3,(H2,19,24). The first kappa shape index (κ1) is 17.6. The second-order valence-electron chi connectivity index (χ2n) is 7.36. The van der Waals surface area contributed by atoms with Crippen molar-refractivity contribution in [2.24, 2.45) is 5.73 Å². The number of benzene rings is 1. The summed E-state index contributed by atoms with van der Waals surface area (Å²) in [5.74, 6) is -0.500. The molecule has 0 fully saturated rings. The highest BCUT2D eigenvalue weighted by Crippen LogP contribution is 2.28. The van der Waals surface area contributed by atoms with Crippen molar-refractivity contribution in [3.63, 3.8) is 0 Å². The molecule has 134 valence electrons. The fraction of sp³-hybridized carbons (Fsp3) is 0.444. The van der Waals surface area contributed by atoms with E-state index >= 15 is 0 Å². The van der Waals surface area contributed by atoms with E-state index in [1.807, 2.05) is 60.7 Å². The number of nitrogens with two attached hydrogens (primary N) is 1. The zero-order valence-electron chi connectivity index (χ0n) is 14.9. The maximum Gasteiger partial charge on any atom is 0.252 e. The predicted octanol–water partition coefficient (Wildman–Crippen LogP) is 1.13. The first-order valence-corrected chi connectivity index (χ1v) is 8.41. The van der Waals surface area contributed by atoms with Gasteiger partial charge in [-0.1, -0.05) is 30.3 Å². The number of aromatic nitrogens is 2. The summed E-state index contributed by atoms with van der Waals surface area (Å²) in [6, 6.07) is 9.55. The lowest BCUT2D eigenvalue weighted by Crippen LogP contribution is -2.54. The molecule has 2 heterocycles. The van der Waals surface area contributed by atoms with E-state index in [-0.39, 0.29) is 5.54 Å². The SMILES string of the molecule is CC(C)(C)NC(O)N1CCn2nc(-c3ccccc3)c(C(N)=O)c2C1. The quantitative estimate of drug-likeness (QED) is 0.723. The number of aliphatic hydroxyl groups is 1. The van der Waals surface area contributed by atoms with Gasteiger partial charge in [0.25, 0.3) is 5.91 Å². The normalized spacial score (nSPS) is 16.5. The van der Waals surface area contributed by atoms with E-state index in [0.717, 1.165) is 11.3 Å². The van der Waals surface area contributed by atoms with Gasteiger partial charge >= 0.3 is 0 Å². The van der Waals surface area contributed by atoms with Gasteiger partial charge in [0.15, 0.2) is 6.35 Å². The number of fused-ring (bicyclic) bond motifs is 1. The summed E-state index contributed by atoms with van der Waals surface area (Å²) in [5, 5.41) is 18.2. The highest BCUT2D eigenvalue weighted by atomic mass is 16.3. The number of hydrogen-bond acceptors (Lipinski definition) is 5. The van der Waals surface area contributed by atoms with Crippen molar-refractivity contribution >= 4 is 5.91 Å². The predicted molar refractivity (Wildman–Crippen MR) is 95.5 cm³/mol. The fourth-order valence-corrected chi connectivity index (χ4v) is 3.08. The van der Waals surface area contributed by atoms with E-state index < -0.39 is 12.3 Å². The molecule has 0 bridgehead atoms. The summed E-state index contributed by atoms with van der Waals surface area (Å²) >= 11 is 0. The summed E-state index contributed by atoms with van der Waals surface area (Å²) < 4.78 is 1.82. The molecule has 3 rings (SSSR count). The Morgan fingerprint density at radius 3 is 2.56 bits per heavy atom. The maximum atomic E-state index is 12.1. The molecule has 7 heteroatoms. The summed E-state index contributed by atoms with van der Waals surface area (Å²) in [4.78, 5) is 14.0. The van der Waals surface area contributed by atoms with E-state index in [4.69, 9.17) is 5.73 Å². The molecule has 1 aliphatic heterocycles. The number of amides is 1. The fourth-order valence-electron chi connectivity index (χ4n) is 3.08. The molecule has 0 aliphatic carbocycles. The van der Waals surface area contributed by atoms with E-state index in [9.17, 15) is 9.90 Å². The number of aliphatic hydroxyl groups excluding tert-OH is 1. The minimum atomic E-state index is -0.801. The van der Waals surface area contributed by atoms with Gasteiger partial charge in [-0.05, 0) is 20.8 Å². The van der Waals surface area contributed by atoms with Gasteiger partial charge in [-0.3, -0.25) is 19.7 Å². The third kappa shape index (κ3) is 3.73. The molecule has 7 nitrogen and oxygen atoms in total. The molecule has 0 spiro atoms. The van der Waals surface area contributed by atoms with Crippen molar-refractivity contribution in [3.8, 4) is 11.3 Å². The van der Waals surface area contributed by atoms with Crippen LogP contribution in [0.15, 0.2) is 30.3 Å². The highest BCUT2D eigenvalue weighted by molar-refractivity contribution is 6.00. The molecule has 1 aliphatic rings. The summed E-state index contributed by atoms with van der Waals surface area (Å²) in [6.45, 7) is 7.60. The van der Waals surface area contributed by atoms with Crippen molar-refractivity contribution in [2.45, 2.75) is 45.8 Å². The zero-order valence-corrected chi connectivity index (χ0v) is 14.9. The van der Waals surface area contributed by atoms with Crippen LogP contribution in [0.3, 0.4) is 0 Å². The molecular weight excluding hydrogens is 318 g/mol. The van der Waals surface area contributed by atoms with Crippen molar-refractivity contribution < 1.29 is 9.90 Å². The number of nitrogens with zero attached hydrogens (tertiary/aromatic N) is 3. The van der Waals surface area contributed by atoms with Crippen molar-refractivity contribution in [2.75, 3.05) is 6.54 Å². The summed E-state index contributed by atoms with van der Waals surface area (Å²) in [6.07, 6.45) is -0.801. The number of hydrogen-bond donors (Lipinski definition) is 3. The van der Waals surface area contributed by atoms with Crippen LogP contribution in [0.5, 0.6) is 0 Å². The first-order chi connectivity index (χ1) is 11.8. The third-order valence-electron chi connectivity index (χ3n) is 4.21. The number of primary amides is 1. The van der Waals surface area contributed by atoms with Gasteiger partial charge in [0.2, 0.25) is 0 Å². The molecule has 0 saturated carbocycles. The van der Waals surface area contributed by atoms with Gasteiger partial charge < -0.3 is 10.8 Å². The molecule has 1 aromatic heterocycles. The summed E-state index contributed by atoms with van der Waals surface area (Å²) in [7, 11) is 0. The lowest BCUT2D eigenvalue weighted by Gasteiger charge is -2.36. The molecule has 1 amide bonds. The Bertz CT molecular complexity index is 764. The minimum absolute atomic E-state index is 0.223. The average Bonchev–Trinajstić information content (AvgIpc) is 2.92. The number of nitrogens with one attached hydrogen (secondary N) is 1. The van der Waals surface area contributed by atoms with Crippen LogP contribution in [0.25, 0.3) is 11.3 Å². The molecule has 1 aromatic carbocycles. The van der Waals surface area contributed by atoms with Gasteiger partial charge in [-0.2, -0.15) is 5.10 Å². The lowest BCUT2D eigenvalue weighted by molar-refractivity contribution is -0.0532. The molecule has 1 atom stereocenters. The van der Waals surface area contributed by atoms with Crippen LogP contribution in [0.1, 0.15) is 36.8 Å².